The Hall–Kier alpha value is -1.62. The first-order valence-electron chi connectivity index (χ1n) is 6.84. The molecule has 0 bridgehead atoms. The number of aldehydes is 1. The molecule has 3 heteroatoms. The van der Waals surface area contributed by atoms with E-state index in [1.54, 1.807) is 0 Å². The van der Waals surface area contributed by atoms with Crippen molar-refractivity contribution < 1.29 is 24.3 Å². The molecule has 3 aromatic rings. The average molecular weight is 393 g/mol. The van der Waals surface area contributed by atoms with Gasteiger partial charge in [-0.1, -0.05) is 84.9 Å². The Morgan fingerprint density at radius 2 is 1.09 bits per heavy atom. The van der Waals surface area contributed by atoms with Gasteiger partial charge < -0.3 is 0 Å². The second-order valence-corrected chi connectivity index (χ2v) is 6.87. The molecule has 111 valence electrons. The topological polar surface area (TPSA) is 17.1 Å². The molecule has 0 heterocycles. The zero-order valence-electron chi connectivity index (χ0n) is 11.8. The fourth-order valence-electron chi connectivity index (χ4n) is 2.37. The summed E-state index contributed by atoms with van der Waals surface area (Å²) in [4.78, 5) is 11.4. The van der Waals surface area contributed by atoms with Crippen LogP contribution in [0.15, 0.2) is 84.9 Å². The van der Waals surface area contributed by atoms with Crippen LogP contribution in [0.1, 0.15) is 10.4 Å². The van der Waals surface area contributed by atoms with E-state index < -0.39 is 7.92 Å². The molecule has 22 heavy (non-hydrogen) atoms. The molecule has 0 N–H and O–H groups in total. The van der Waals surface area contributed by atoms with Crippen LogP contribution in [0.4, 0.5) is 0 Å². The second kappa shape index (κ2) is 8.13. The summed E-state index contributed by atoms with van der Waals surface area (Å²) in [6.45, 7) is 0. The summed E-state index contributed by atoms with van der Waals surface area (Å²) < 4.78 is 0. The number of hydrogen-bond acceptors (Lipinski definition) is 1. The molecule has 0 saturated heterocycles. The van der Waals surface area contributed by atoms with E-state index in [0.717, 1.165) is 17.2 Å². The fraction of sp³-hybridized carbons (Fsp3) is 0. The molecule has 0 amide bonds. The molecule has 0 saturated carbocycles. The van der Waals surface area contributed by atoms with Crippen LogP contribution in [0, 0.1) is 0 Å². The van der Waals surface area contributed by atoms with Gasteiger partial charge in [-0.15, -0.1) is 0 Å². The zero-order chi connectivity index (χ0) is 14.5. The predicted octanol–water partition coefficient (Wildman–Crippen LogP) is 3.25. The Morgan fingerprint density at radius 1 is 0.636 bits per heavy atom. The average Bonchev–Trinajstić information content (AvgIpc) is 2.58. The Labute approximate surface area is 144 Å². The molecule has 0 aliphatic heterocycles. The molecular formula is C19H15OPRh. The maximum absolute atomic E-state index is 11.4. The molecule has 0 aromatic heterocycles. The van der Waals surface area contributed by atoms with Crippen molar-refractivity contribution in [2.45, 2.75) is 0 Å². The van der Waals surface area contributed by atoms with Crippen LogP contribution in [0.3, 0.4) is 0 Å². The molecule has 0 aliphatic carbocycles. The van der Waals surface area contributed by atoms with Gasteiger partial charge in [0, 0.05) is 25.0 Å². The number of hydrogen-bond donors (Lipinski definition) is 0. The van der Waals surface area contributed by atoms with Gasteiger partial charge in [-0.3, -0.25) is 4.79 Å². The molecule has 0 aliphatic rings. The van der Waals surface area contributed by atoms with Crippen molar-refractivity contribution in [1.29, 1.82) is 0 Å². The van der Waals surface area contributed by atoms with Crippen molar-refractivity contribution in [3.8, 4) is 0 Å². The van der Waals surface area contributed by atoms with E-state index in [4.69, 9.17) is 0 Å². The van der Waals surface area contributed by atoms with Gasteiger partial charge in [-0.05, 0) is 23.8 Å². The summed E-state index contributed by atoms with van der Waals surface area (Å²) in [5.74, 6) is 0. The molecule has 0 atom stereocenters. The van der Waals surface area contributed by atoms with Crippen molar-refractivity contribution in [3.05, 3.63) is 90.5 Å². The first-order valence-corrected chi connectivity index (χ1v) is 8.19. The molecule has 0 spiro atoms. The van der Waals surface area contributed by atoms with E-state index in [0.29, 0.717) is 0 Å². The van der Waals surface area contributed by atoms with Crippen LogP contribution in [-0.2, 0) is 19.5 Å². The summed E-state index contributed by atoms with van der Waals surface area (Å²) in [6.07, 6.45) is 0.955. The number of benzene rings is 3. The number of rotatable bonds is 4. The standard InChI is InChI=1S/C19H15OP.Rh/c20-15-16-9-7-8-14-19(16)21(17-10-3-1-4-11-17)18-12-5-2-6-13-18;/h1-15H;. The monoisotopic (exact) mass is 393 g/mol. The molecule has 1 nitrogen and oxygen atoms in total. The second-order valence-electron chi connectivity index (χ2n) is 4.68. The van der Waals surface area contributed by atoms with Crippen LogP contribution in [0.2, 0.25) is 0 Å². The quantitative estimate of drug-likeness (QED) is 0.378. The Bertz CT molecular complexity index is 689. The van der Waals surface area contributed by atoms with Crippen molar-refractivity contribution >= 4 is 30.1 Å². The maximum Gasteiger partial charge on any atom is 0.150 e. The van der Waals surface area contributed by atoms with E-state index in [-0.39, 0.29) is 19.5 Å². The Balaban J connectivity index is 0.00000176. The largest absolute Gasteiger partial charge is 0.298 e. The molecule has 0 fully saturated rings. The van der Waals surface area contributed by atoms with Gasteiger partial charge in [0.15, 0.2) is 6.29 Å². The normalized spacial score (nSPS) is 10.0. The number of carbonyl (C=O) groups is 1. The van der Waals surface area contributed by atoms with Gasteiger partial charge in [0.25, 0.3) is 0 Å². The van der Waals surface area contributed by atoms with Crippen molar-refractivity contribution in [2.75, 3.05) is 0 Å². The molecule has 0 unspecified atom stereocenters. The van der Waals surface area contributed by atoms with E-state index >= 15 is 0 Å². The van der Waals surface area contributed by atoms with Crippen LogP contribution >= 0.6 is 7.92 Å². The van der Waals surface area contributed by atoms with Gasteiger partial charge in [-0.25, -0.2) is 0 Å². The minimum absolute atomic E-state index is 0. The summed E-state index contributed by atoms with van der Waals surface area (Å²) in [6, 6.07) is 28.7. The fourth-order valence-corrected chi connectivity index (χ4v) is 4.79. The molecule has 3 aromatic carbocycles. The van der Waals surface area contributed by atoms with Crippen LogP contribution in [0.5, 0.6) is 0 Å². The smallest absolute Gasteiger partial charge is 0.150 e. The van der Waals surface area contributed by atoms with Crippen molar-refractivity contribution in [1.82, 2.24) is 0 Å². The summed E-state index contributed by atoms with van der Waals surface area (Å²) in [5.41, 5.74) is 0.774. The summed E-state index contributed by atoms with van der Waals surface area (Å²) in [7, 11) is -0.704. The summed E-state index contributed by atoms with van der Waals surface area (Å²) >= 11 is 0. The van der Waals surface area contributed by atoms with Crippen LogP contribution in [0.25, 0.3) is 0 Å². The van der Waals surface area contributed by atoms with Crippen LogP contribution in [-0.4, -0.2) is 6.29 Å². The first-order chi connectivity index (χ1) is 10.4. The number of carbonyl (C=O) groups excluding carboxylic acids is 1. The molecular weight excluding hydrogens is 378 g/mol. The summed E-state index contributed by atoms with van der Waals surface area (Å²) in [5, 5.41) is 3.63. The third kappa shape index (κ3) is 3.58. The van der Waals surface area contributed by atoms with Crippen molar-refractivity contribution in [2.24, 2.45) is 0 Å². The van der Waals surface area contributed by atoms with E-state index in [1.807, 2.05) is 30.3 Å². The zero-order valence-corrected chi connectivity index (χ0v) is 14.4. The predicted molar refractivity (Wildman–Crippen MR) is 90.5 cm³/mol. The van der Waals surface area contributed by atoms with E-state index in [1.165, 1.54) is 10.6 Å². The van der Waals surface area contributed by atoms with E-state index in [9.17, 15) is 4.79 Å². The maximum atomic E-state index is 11.4. The van der Waals surface area contributed by atoms with Gasteiger partial charge in [0.2, 0.25) is 0 Å². The van der Waals surface area contributed by atoms with Gasteiger partial charge in [0.05, 0.1) is 0 Å². The van der Waals surface area contributed by atoms with Gasteiger partial charge in [-0.2, -0.15) is 0 Å². The van der Waals surface area contributed by atoms with Gasteiger partial charge >= 0.3 is 0 Å². The van der Waals surface area contributed by atoms with Crippen LogP contribution < -0.4 is 15.9 Å². The van der Waals surface area contributed by atoms with Crippen molar-refractivity contribution in [3.63, 3.8) is 0 Å². The Kier molecular flexibility index (Phi) is 6.19. The molecule has 3 rings (SSSR count). The first kappa shape index (κ1) is 16.7. The molecule has 1 radical (unpaired) electrons. The SMILES string of the molecule is O=Cc1ccccc1P(c1ccccc1)c1ccccc1.[Rh]. The minimum Gasteiger partial charge on any atom is -0.298 e. The third-order valence-electron chi connectivity index (χ3n) is 3.33. The van der Waals surface area contributed by atoms with E-state index in [2.05, 4.69) is 54.6 Å². The Morgan fingerprint density at radius 3 is 1.59 bits per heavy atom. The van der Waals surface area contributed by atoms with Gasteiger partial charge in [0.1, 0.15) is 0 Å². The minimum atomic E-state index is -0.704. The third-order valence-corrected chi connectivity index (χ3v) is 5.85.